The molecule has 0 bridgehead atoms. The summed E-state index contributed by atoms with van der Waals surface area (Å²) in [5.74, 6) is -3.03. The molecule has 12 heteroatoms. The van der Waals surface area contributed by atoms with Gasteiger partial charge in [-0.25, -0.2) is 9.59 Å². The number of nitrogens with one attached hydrogen (secondary N) is 4. The largest absolute Gasteiger partial charge is 0.508 e. The van der Waals surface area contributed by atoms with Crippen LogP contribution in [-0.2, 0) is 35.1 Å². The Balaban J connectivity index is 2.29. The predicted octanol–water partition coefficient (Wildman–Crippen LogP) is 1.71. The molecule has 0 unspecified atom stereocenters. The predicted molar refractivity (Wildman–Crippen MR) is 151 cm³/mol. The van der Waals surface area contributed by atoms with Gasteiger partial charge in [0.25, 0.3) is 0 Å². The lowest BCUT2D eigenvalue weighted by Gasteiger charge is -2.28. The summed E-state index contributed by atoms with van der Waals surface area (Å²) >= 11 is 0. The second-order valence-electron chi connectivity index (χ2n) is 11.6. The van der Waals surface area contributed by atoms with Crippen LogP contribution in [0.2, 0.25) is 0 Å². The van der Waals surface area contributed by atoms with Gasteiger partial charge < -0.3 is 35.8 Å². The fourth-order valence-electron chi connectivity index (χ4n) is 3.92. The van der Waals surface area contributed by atoms with Crippen molar-refractivity contribution in [1.82, 2.24) is 21.3 Å². The molecule has 0 aromatic heterocycles. The van der Waals surface area contributed by atoms with E-state index in [0.29, 0.717) is 5.56 Å². The molecule has 1 aromatic carbocycles. The third-order valence-electron chi connectivity index (χ3n) is 6.06. The van der Waals surface area contributed by atoms with E-state index >= 15 is 0 Å². The Morgan fingerprint density at radius 2 is 1.71 bits per heavy atom. The maximum atomic E-state index is 13.2. The second kappa shape index (κ2) is 14.5. The molecule has 1 aliphatic heterocycles. The first-order chi connectivity index (χ1) is 19.1. The van der Waals surface area contributed by atoms with Crippen LogP contribution in [-0.4, -0.2) is 71.3 Å². The summed E-state index contributed by atoms with van der Waals surface area (Å²) < 4.78 is 10.8. The van der Waals surface area contributed by atoms with Crippen LogP contribution in [0.15, 0.2) is 36.4 Å². The molecule has 2 rings (SSSR count). The number of cyclic esters (lactones) is 1. The zero-order valence-corrected chi connectivity index (χ0v) is 24.6. The Hall–Kier alpha value is -4.09. The van der Waals surface area contributed by atoms with Crippen molar-refractivity contribution in [2.24, 2.45) is 11.8 Å². The van der Waals surface area contributed by atoms with Crippen molar-refractivity contribution >= 4 is 29.8 Å². The molecule has 0 aliphatic carbocycles. The highest BCUT2D eigenvalue weighted by molar-refractivity contribution is 5.95. The van der Waals surface area contributed by atoms with Gasteiger partial charge >= 0.3 is 12.1 Å². The van der Waals surface area contributed by atoms with Crippen LogP contribution in [0, 0.1) is 11.8 Å². The third kappa shape index (κ3) is 11.1. The normalized spacial score (nSPS) is 21.9. The van der Waals surface area contributed by atoms with Gasteiger partial charge in [0.05, 0.1) is 6.04 Å². The average molecular weight is 575 g/mol. The highest BCUT2D eigenvalue weighted by Crippen LogP contribution is 2.14. The number of amides is 4. The molecule has 1 aliphatic rings. The minimum atomic E-state index is -1.11. The summed E-state index contributed by atoms with van der Waals surface area (Å²) in [5.41, 5.74) is -0.111. The summed E-state index contributed by atoms with van der Waals surface area (Å²) in [6.07, 6.45) is 1.81. The third-order valence-corrected chi connectivity index (χ3v) is 6.06. The van der Waals surface area contributed by atoms with E-state index in [1.54, 1.807) is 60.6 Å². The van der Waals surface area contributed by atoms with Gasteiger partial charge in [0.1, 0.15) is 36.1 Å². The number of rotatable bonds is 7. The number of hydrogen-bond acceptors (Lipinski definition) is 8. The van der Waals surface area contributed by atoms with E-state index in [0.717, 1.165) is 6.08 Å². The van der Waals surface area contributed by atoms with Crippen LogP contribution in [0.1, 0.15) is 54.0 Å². The van der Waals surface area contributed by atoms with Crippen LogP contribution in [0.3, 0.4) is 0 Å². The Morgan fingerprint density at radius 1 is 1.07 bits per heavy atom. The fraction of sp³-hybridized carbons (Fsp3) is 0.552. The van der Waals surface area contributed by atoms with Gasteiger partial charge in [-0.2, -0.15) is 0 Å². The van der Waals surface area contributed by atoms with Crippen molar-refractivity contribution in [3.63, 3.8) is 0 Å². The lowest BCUT2D eigenvalue weighted by molar-refractivity contribution is -0.149. The van der Waals surface area contributed by atoms with Crippen LogP contribution < -0.4 is 21.3 Å². The van der Waals surface area contributed by atoms with Crippen molar-refractivity contribution < 1.29 is 38.6 Å². The van der Waals surface area contributed by atoms with Crippen molar-refractivity contribution in [2.45, 2.75) is 84.7 Å². The number of phenolic OH excluding ortho intramolecular Hbond substituents is 1. The number of hydrogen-bond donors (Lipinski definition) is 5. The number of esters is 1. The molecule has 41 heavy (non-hydrogen) atoms. The highest BCUT2D eigenvalue weighted by Gasteiger charge is 2.32. The molecule has 0 spiro atoms. The molecule has 0 saturated heterocycles. The number of aromatic hydroxyl groups is 1. The zero-order valence-electron chi connectivity index (χ0n) is 24.6. The van der Waals surface area contributed by atoms with Gasteiger partial charge in [0.2, 0.25) is 17.7 Å². The maximum Gasteiger partial charge on any atom is 0.408 e. The van der Waals surface area contributed by atoms with Crippen molar-refractivity contribution in [3.8, 4) is 5.75 Å². The topological polar surface area (TPSA) is 172 Å². The number of alkyl carbamates (subject to hydrolysis) is 1. The van der Waals surface area contributed by atoms with Gasteiger partial charge in [-0.15, -0.1) is 0 Å². The Kier molecular flexibility index (Phi) is 11.7. The molecule has 4 amide bonds. The molecule has 0 saturated carbocycles. The molecule has 0 radical (unpaired) electrons. The lowest BCUT2D eigenvalue weighted by Crippen LogP contribution is -2.55. The van der Waals surface area contributed by atoms with E-state index in [1.165, 1.54) is 18.2 Å². The van der Waals surface area contributed by atoms with Crippen LogP contribution in [0.5, 0.6) is 5.75 Å². The number of ether oxygens (including phenoxy) is 2. The SMILES string of the molecule is CC(C)[C@@H]1NC(=O)/C=C\[C@@H](NC(=O)[C@@H](NC(=O)OC(C)(C)C)C(C)C)COC(=O)[C@H](Cc2ccc(O)cc2)NC1=O. The van der Waals surface area contributed by atoms with Crippen LogP contribution >= 0.6 is 0 Å². The minimum Gasteiger partial charge on any atom is -0.508 e. The number of carbonyl (C=O) groups excluding carboxylic acids is 5. The highest BCUT2D eigenvalue weighted by atomic mass is 16.6. The molecule has 0 fully saturated rings. The molecule has 226 valence electrons. The van der Waals surface area contributed by atoms with E-state index in [4.69, 9.17) is 9.47 Å². The minimum absolute atomic E-state index is 0.0490. The molecule has 4 atom stereocenters. The number of benzene rings is 1. The summed E-state index contributed by atoms with van der Waals surface area (Å²) in [7, 11) is 0. The summed E-state index contributed by atoms with van der Waals surface area (Å²) in [5, 5.41) is 20.2. The van der Waals surface area contributed by atoms with Gasteiger partial charge in [0.15, 0.2) is 0 Å². The Labute approximate surface area is 240 Å². The molecule has 12 nitrogen and oxygen atoms in total. The molecular formula is C29H42N4O8. The standard InChI is InChI=1S/C29H42N4O8/c1-16(2)23-26(37)31-21(14-18-8-11-20(34)12-9-18)27(38)40-15-19(10-13-22(35)32-23)30-25(36)24(17(3)4)33-28(39)41-29(5,6)7/h8-13,16-17,19,21,23-24,34H,14-15H2,1-7H3,(H,30,36)(H,31,37)(H,32,35)(H,33,39)/b13-10-/t19-,21+,23+,24+/m1/s1. The smallest absolute Gasteiger partial charge is 0.408 e. The first kappa shape index (κ1) is 33.1. The van der Waals surface area contributed by atoms with Crippen LogP contribution in [0.25, 0.3) is 0 Å². The molecular weight excluding hydrogens is 532 g/mol. The summed E-state index contributed by atoms with van der Waals surface area (Å²) in [4.78, 5) is 64.4. The van der Waals surface area contributed by atoms with Gasteiger partial charge in [0, 0.05) is 12.5 Å². The van der Waals surface area contributed by atoms with E-state index < -0.39 is 59.6 Å². The summed E-state index contributed by atoms with van der Waals surface area (Å²) in [6.45, 7) is 11.7. The first-order valence-corrected chi connectivity index (χ1v) is 13.6. The fourth-order valence-corrected chi connectivity index (χ4v) is 3.92. The second-order valence-corrected chi connectivity index (χ2v) is 11.6. The first-order valence-electron chi connectivity index (χ1n) is 13.6. The number of phenols is 1. The Morgan fingerprint density at radius 3 is 2.27 bits per heavy atom. The van der Waals surface area contributed by atoms with Gasteiger partial charge in [-0.1, -0.05) is 45.9 Å². The average Bonchev–Trinajstić information content (AvgIpc) is 2.85. The van der Waals surface area contributed by atoms with Gasteiger partial charge in [-0.05, 0) is 50.3 Å². The molecule has 1 heterocycles. The lowest BCUT2D eigenvalue weighted by atomic mass is 10.0. The molecule has 1 aromatic rings. The van der Waals surface area contributed by atoms with E-state index in [1.807, 2.05) is 0 Å². The Bertz CT molecular complexity index is 1120. The van der Waals surface area contributed by atoms with E-state index in [2.05, 4.69) is 21.3 Å². The van der Waals surface area contributed by atoms with E-state index in [-0.39, 0.29) is 30.6 Å². The van der Waals surface area contributed by atoms with Crippen molar-refractivity contribution in [3.05, 3.63) is 42.0 Å². The number of carbonyl (C=O) groups is 5. The van der Waals surface area contributed by atoms with Crippen LogP contribution in [0.4, 0.5) is 4.79 Å². The van der Waals surface area contributed by atoms with E-state index in [9.17, 15) is 29.1 Å². The monoisotopic (exact) mass is 574 g/mol. The quantitative estimate of drug-likeness (QED) is 0.306. The van der Waals surface area contributed by atoms with Crippen molar-refractivity contribution in [2.75, 3.05) is 6.61 Å². The zero-order chi connectivity index (χ0) is 30.9. The van der Waals surface area contributed by atoms with Gasteiger partial charge in [-0.3, -0.25) is 14.4 Å². The maximum absolute atomic E-state index is 13.2. The molecule has 5 N–H and O–H groups in total. The van der Waals surface area contributed by atoms with Crippen molar-refractivity contribution in [1.29, 1.82) is 0 Å². The summed E-state index contributed by atoms with van der Waals surface area (Å²) in [6, 6.07) is 2.19.